The Kier molecular flexibility index (Phi) is 5.44. The van der Waals surface area contributed by atoms with E-state index in [9.17, 15) is 9.59 Å². The van der Waals surface area contributed by atoms with Crippen molar-refractivity contribution in [2.75, 3.05) is 13.1 Å². The topological polar surface area (TPSA) is 67.2 Å². The first-order chi connectivity index (χ1) is 10.8. The minimum atomic E-state index is -0.217. The molecule has 0 bridgehead atoms. The molecule has 0 saturated carbocycles. The minimum Gasteiger partial charge on any atom is -0.355 e. The molecule has 23 heavy (non-hydrogen) atoms. The number of carbonyl (C=O) groups excluding carboxylic acids is 2. The zero-order valence-corrected chi connectivity index (χ0v) is 14.8. The summed E-state index contributed by atoms with van der Waals surface area (Å²) < 4.78 is 1.99. The molecule has 1 N–H and O–H groups in total. The van der Waals surface area contributed by atoms with Gasteiger partial charge in [0.15, 0.2) is 0 Å². The zero-order chi connectivity index (χ0) is 17.1. The predicted octanol–water partition coefficient (Wildman–Crippen LogP) is 1.44. The number of carbonyl (C=O) groups is 2. The number of hydrogen-bond acceptors (Lipinski definition) is 3. The van der Waals surface area contributed by atoms with Gasteiger partial charge in [0.05, 0.1) is 11.6 Å². The third kappa shape index (κ3) is 3.74. The maximum absolute atomic E-state index is 12.3. The van der Waals surface area contributed by atoms with Crippen LogP contribution in [0.5, 0.6) is 0 Å². The highest BCUT2D eigenvalue weighted by Gasteiger charge is 2.35. The summed E-state index contributed by atoms with van der Waals surface area (Å²) in [5, 5.41) is 7.48. The number of aromatic nitrogens is 2. The molecule has 1 saturated heterocycles. The molecule has 1 atom stereocenters. The maximum Gasteiger partial charge on any atom is 0.225 e. The van der Waals surface area contributed by atoms with Crippen LogP contribution in [0.15, 0.2) is 0 Å². The number of hydrogen-bond donors (Lipinski definition) is 1. The summed E-state index contributed by atoms with van der Waals surface area (Å²) in [6, 6.07) is 0.158. The molecule has 1 aromatic rings. The van der Waals surface area contributed by atoms with Crippen LogP contribution in [0.4, 0.5) is 0 Å². The second kappa shape index (κ2) is 7.15. The van der Waals surface area contributed by atoms with E-state index in [1.807, 2.05) is 25.5 Å². The summed E-state index contributed by atoms with van der Waals surface area (Å²) >= 11 is 0. The molecule has 0 spiro atoms. The van der Waals surface area contributed by atoms with Crippen LogP contribution in [-0.2, 0) is 22.6 Å². The van der Waals surface area contributed by atoms with Crippen LogP contribution in [-0.4, -0.2) is 45.6 Å². The van der Waals surface area contributed by atoms with Gasteiger partial charge in [-0.25, -0.2) is 0 Å². The summed E-state index contributed by atoms with van der Waals surface area (Å²) in [6.07, 6.45) is 1.10. The van der Waals surface area contributed by atoms with E-state index >= 15 is 0 Å². The number of nitrogens with one attached hydrogen (secondary N) is 1. The van der Waals surface area contributed by atoms with Crippen molar-refractivity contribution in [3.8, 4) is 0 Å². The average molecular weight is 320 g/mol. The highest BCUT2D eigenvalue weighted by Crippen LogP contribution is 2.20. The summed E-state index contributed by atoms with van der Waals surface area (Å²) in [4.78, 5) is 25.9. The number of aryl methyl sites for hydroxylation is 2. The van der Waals surface area contributed by atoms with Crippen molar-refractivity contribution >= 4 is 11.8 Å². The molecule has 0 radical (unpaired) electrons. The first-order valence-corrected chi connectivity index (χ1v) is 8.45. The van der Waals surface area contributed by atoms with E-state index in [1.165, 1.54) is 11.3 Å². The second-order valence-electron chi connectivity index (χ2n) is 6.55. The smallest absolute Gasteiger partial charge is 0.225 e. The Bertz CT molecular complexity index is 592. The van der Waals surface area contributed by atoms with Crippen molar-refractivity contribution < 1.29 is 9.59 Å². The van der Waals surface area contributed by atoms with E-state index in [-0.39, 0.29) is 23.8 Å². The highest BCUT2D eigenvalue weighted by atomic mass is 16.2. The van der Waals surface area contributed by atoms with Gasteiger partial charge in [0.1, 0.15) is 0 Å². The summed E-state index contributed by atoms with van der Waals surface area (Å²) in [5.41, 5.74) is 3.40. The standard InChI is InChI=1S/C17H28N4O2/c1-6-21-13(5)15(12(4)19-21)7-8-18-17(23)14-9-16(22)20(10-14)11(2)3/h11,14H,6-10H2,1-5H3,(H,18,23)/t14-/m1/s1. The van der Waals surface area contributed by atoms with Crippen molar-refractivity contribution in [3.63, 3.8) is 0 Å². The Morgan fingerprint density at radius 1 is 1.39 bits per heavy atom. The number of amides is 2. The number of likely N-dealkylation sites (tertiary alicyclic amines) is 1. The molecule has 0 unspecified atom stereocenters. The summed E-state index contributed by atoms with van der Waals surface area (Å²) in [7, 11) is 0. The van der Waals surface area contributed by atoms with Gasteiger partial charge in [-0.1, -0.05) is 0 Å². The van der Waals surface area contributed by atoms with Gasteiger partial charge in [-0.2, -0.15) is 5.10 Å². The lowest BCUT2D eigenvalue weighted by atomic mass is 10.1. The molecule has 0 aliphatic carbocycles. The van der Waals surface area contributed by atoms with Gasteiger partial charge in [0.2, 0.25) is 11.8 Å². The summed E-state index contributed by atoms with van der Waals surface area (Å²) in [5.74, 6) is -0.152. The van der Waals surface area contributed by atoms with Gasteiger partial charge in [0, 0.05) is 37.8 Å². The van der Waals surface area contributed by atoms with Crippen LogP contribution in [0.1, 0.15) is 44.1 Å². The molecule has 1 fully saturated rings. The molecular weight excluding hydrogens is 292 g/mol. The van der Waals surface area contributed by atoms with E-state index in [0.29, 0.717) is 19.5 Å². The largest absolute Gasteiger partial charge is 0.355 e. The molecule has 2 amide bonds. The minimum absolute atomic E-state index is 0.0142. The van der Waals surface area contributed by atoms with Crippen molar-refractivity contribution in [2.45, 2.75) is 60.0 Å². The second-order valence-corrected chi connectivity index (χ2v) is 6.55. The fraction of sp³-hybridized carbons (Fsp3) is 0.706. The number of nitrogens with zero attached hydrogens (tertiary/aromatic N) is 3. The lowest BCUT2D eigenvalue weighted by Gasteiger charge is -2.20. The Hall–Kier alpha value is -1.85. The predicted molar refractivity (Wildman–Crippen MR) is 89.0 cm³/mol. The number of rotatable bonds is 6. The molecule has 128 valence electrons. The first kappa shape index (κ1) is 17.5. The van der Waals surface area contributed by atoms with E-state index < -0.39 is 0 Å². The van der Waals surface area contributed by atoms with Gasteiger partial charge < -0.3 is 10.2 Å². The van der Waals surface area contributed by atoms with Crippen LogP contribution in [0.2, 0.25) is 0 Å². The third-order valence-corrected chi connectivity index (χ3v) is 4.66. The van der Waals surface area contributed by atoms with E-state index in [2.05, 4.69) is 24.3 Å². The van der Waals surface area contributed by atoms with Gasteiger partial charge >= 0.3 is 0 Å². The van der Waals surface area contributed by atoms with Crippen LogP contribution >= 0.6 is 0 Å². The molecule has 6 nitrogen and oxygen atoms in total. The van der Waals surface area contributed by atoms with Gasteiger partial charge in [-0.05, 0) is 46.6 Å². The molecule has 6 heteroatoms. The molecular formula is C17H28N4O2. The summed E-state index contributed by atoms with van der Waals surface area (Å²) in [6.45, 7) is 12.1. The lowest BCUT2D eigenvalue weighted by Crippen LogP contribution is -2.36. The molecule has 1 aliphatic heterocycles. The monoisotopic (exact) mass is 320 g/mol. The lowest BCUT2D eigenvalue weighted by molar-refractivity contribution is -0.129. The molecule has 2 rings (SSSR count). The van der Waals surface area contributed by atoms with Crippen molar-refractivity contribution in [1.29, 1.82) is 0 Å². The van der Waals surface area contributed by atoms with Crippen LogP contribution in [0, 0.1) is 19.8 Å². The zero-order valence-electron chi connectivity index (χ0n) is 14.8. The van der Waals surface area contributed by atoms with E-state index in [1.54, 1.807) is 4.90 Å². The van der Waals surface area contributed by atoms with Crippen LogP contribution in [0.25, 0.3) is 0 Å². The Morgan fingerprint density at radius 3 is 2.61 bits per heavy atom. The highest BCUT2D eigenvalue weighted by molar-refractivity contribution is 5.89. The van der Waals surface area contributed by atoms with Gasteiger partial charge in [-0.3, -0.25) is 14.3 Å². The Morgan fingerprint density at radius 2 is 2.09 bits per heavy atom. The average Bonchev–Trinajstić information content (AvgIpc) is 3.01. The molecule has 0 aromatic carbocycles. The van der Waals surface area contributed by atoms with Crippen LogP contribution in [0.3, 0.4) is 0 Å². The normalized spacial score (nSPS) is 18.1. The molecule has 1 aromatic heterocycles. The van der Waals surface area contributed by atoms with E-state index in [4.69, 9.17) is 0 Å². The van der Waals surface area contributed by atoms with Crippen molar-refractivity contribution in [2.24, 2.45) is 5.92 Å². The Labute approximate surface area is 138 Å². The van der Waals surface area contributed by atoms with E-state index in [0.717, 1.165) is 18.7 Å². The molecule has 2 heterocycles. The third-order valence-electron chi connectivity index (χ3n) is 4.66. The van der Waals surface area contributed by atoms with Crippen molar-refractivity contribution in [1.82, 2.24) is 20.0 Å². The molecule has 1 aliphatic rings. The van der Waals surface area contributed by atoms with Gasteiger partial charge in [-0.15, -0.1) is 0 Å². The maximum atomic E-state index is 12.3. The van der Waals surface area contributed by atoms with Crippen molar-refractivity contribution in [3.05, 3.63) is 17.0 Å². The first-order valence-electron chi connectivity index (χ1n) is 8.45. The fourth-order valence-corrected chi connectivity index (χ4v) is 3.26. The quantitative estimate of drug-likeness (QED) is 0.862. The van der Waals surface area contributed by atoms with Crippen LogP contribution < -0.4 is 5.32 Å². The Balaban J connectivity index is 1.86. The SMILES string of the molecule is CCn1nc(C)c(CCNC(=O)[C@@H]2CC(=O)N(C(C)C)C2)c1C. The fourth-order valence-electron chi connectivity index (χ4n) is 3.26. The van der Waals surface area contributed by atoms with Gasteiger partial charge in [0.25, 0.3) is 0 Å².